The molecular weight excluding hydrogens is 1550 g/mol. The van der Waals surface area contributed by atoms with Gasteiger partial charge < -0.3 is 105 Å². The van der Waals surface area contributed by atoms with E-state index in [0.29, 0.717) is 247 Å². The van der Waals surface area contributed by atoms with Crippen LogP contribution in [0, 0.1) is 24.7 Å². The van der Waals surface area contributed by atoms with Gasteiger partial charge in [-0.15, -0.1) is 12.8 Å². The van der Waals surface area contributed by atoms with Crippen LogP contribution < -0.4 is 0 Å². The molecule has 0 spiro atoms. The third-order valence-corrected chi connectivity index (χ3v) is 20.5. The fraction of sp³-hybridized carbons (Fsp3) is 0.404. The summed E-state index contributed by atoms with van der Waals surface area (Å²) in [7, 11) is 6.61. The number of methoxy groups -OCH3 is 4. The van der Waals surface area contributed by atoms with Gasteiger partial charge >= 0.3 is 0 Å². The Morgan fingerprint density at radius 3 is 0.770 bits per heavy atom. The molecule has 4 aliphatic heterocycles. The number of H-pyrrole nitrogens is 4. The van der Waals surface area contributed by atoms with Gasteiger partial charge in [0, 0.05) is 120 Å². The number of ether oxygens (including phenoxy) is 16. The normalized spacial score (nSPS) is 12.3. The van der Waals surface area contributed by atoms with Crippen LogP contribution in [0.4, 0.5) is 0 Å². The van der Waals surface area contributed by atoms with Crippen molar-refractivity contribution in [1.82, 2.24) is 59.0 Å². The number of rotatable bonds is 54. The van der Waals surface area contributed by atoms with Crippen molar-refractivity contribution in [2.75, 3.05) is 213 Å². The van der Waals surface area contributed by atoms with E-state index < -0.39 is 0 Å². The lowest BCUT2D eigenvalue weighted by Crippen LogP contribution is -2.12. The Kier molecular flexibility index (Phi) is 35.2. The summed E-state index contributed by atoms with van der Waals surface area (Å²) < 4.78 is 96.1. The lowest BCUT2D eigenvalue weighted by Gasteiger charge is -2.10. The minimum Gasteiger partial charge on any atom is -0.382 e. The highest BCUT2D eigenvalue weighted by Crippen LogP contribution is 2.40. The highest BCUT2D eigenvalue weighted by Gasteiger charge is 2.24. The monoisotopic (exact) mass is 1660 g/mol. The van der Waals surface area contributed by atoms with Gasteiger partial charge in [-0.3, -0.25) is 0 Å². The summed E-state index contributed by atoms with van der Waals surface area (Å²) in [5, 5.41) is 0. The number of aromatic nitrogens is 12. The number of imidazole rings is 2. The molecule has 28 nitrogen and oxygen atoms in total. The standard InChI is InChI=1S/C94H110N12O16/c1-7-34-105-36-32-95-93(105)91-85-24-16-77(101-85)69(28-38-111-50-54-119-62-58-115-46-42-107-3)73-12-20-81(97-73)89(82-21-13-74(98-82)70(78-17-25-86(91)102-78)29-39-112-51-55-120-63-59-116-47-43-108-4)67-10-9-11-68(66-67)90-83-22-14-75(99-83)71(30-40-113-52-56-121-64-60-117-48-44-109-5)79-18-26-87(103-79)92(94-96-33-37-106(94)35-8-2)88-27-19-80(104-88)72(76-15-23-84(90)100-76)31-41-114-53-57-122-65-61-118-49-45-110-6/h1-2,9-27,32-33,36-37,66,97,99,102,104H,28-31,34-35,38-65H2,3-6H3. The molecule has 4 N–H and O–H groups in total. The highest BCUT2D eigenvalue weighted by atomic mass is 16.6. The van der Waals surface area contributed by atoms with Crippen molar-refractivity contribution in [1.29, 1.82) is 0 Å². The average Bonchev–Trinajstić information content (AvgIpc) is 1.61. The van der Waals surface area contributed by atoms with Crippen LogP contribution in [0.25, 0.3) is 138 Å². The zero-order valence-corrected chi connectivity index (χ0v) is 70.2. The zero-order chi connectivity index (χ0) is 84.1. The van der Waals surface area contributed by atoms with Gasteiger partial charge in [0.25, 0.3) is 0 Å². The number of aromatic amines is 4. The number of nitrogens with zero attached hydrogens (tertiary/aromatic N) is 8. The summed E-state index contributed by atoms with van der Waals surface area (Å²) in [6, 6.07) is 25.4. The number of terminal acetylenes is 2. The average molecular weight is 1660 g/mol. The van der Waals surface area contributed by atoms with Gasteiger partial charge in [-0.2, -0.15) is 0 Å². The van der Waals surface area contributed by atoms with E-state index >= 15 is 0 Å². The van der Waals surface area contributed by atoms with Crippen molar-refractivity contribution in [2.24, 2.45) is 0 Å². The van der Waals surface area contributed by atoms with Crippen molar-refractivity contribution in [3.8, 4) is 69.7 Å². The largest absolute Gasteiger partial charge is 0.382 e. The van der Waals surface area contributed by atoms with Crippen LogP contribution in [-0.4, -0.2) is 272 Å². The summed E-state index contributed by atoms with van der Waals surface area (Å²) >= 11 is 0. The van der Waals surface area contributed by atoms with Crippen LogP contribution in [0.2, 0.25) is 0 Å². The number of fused-ring (bicyclic) bond motifs is 16. The Hall–Kier alpha value is -10.7. The molecule has 0 radical (unpaired) electrons. The maximum atomic E-state index is 6.37. The minimum absolute atomic E-state index is 0.293. The number of hydrogen-bond acceptors (Lipinski definition) is 22. The van der Waals surface area contributed by atoms with Crippen molar-refractivity contribution in [3.63, 3.8) is 0 Å². The van der Waals surface area contributed by atoms with Crippen LogP contribution >= 0.6 is 0 Å². The first-order valence-electron chi connectivity index (χ1n) is 41.5. The Bertz CT molecular complexity index is 5090. The first-order chi connectivity index (χ1) is 60.4. The Morgan fingerprint density at radius 2 is 0.508 bits per heavy atom. The van der Waals surface area contributed by atoms with Crippen LogP contribution in [-0.2, 0) is 115 Å². The molecule has 642 valence electrons. The quantitative estimate of drug-likeness (QED) is 0.0203. The lowest BCUT2D eigenvalue weighted by molar-refractivity contribution is 0.00407. The van der Waals surface area contributed by atoms with Gasteiger partial charge in [0.1, 0.15) is 11.6 Å². The minimum atomic E-state index is 0.293. The Morgan fingerprint density at radius 1 is 0.279 bits per heavy atom. The first kappa shape index (κ1) is 89.1. The van der Waals surface area contributed by atoms with E-state index in [1.165, 1.54) is 0 Å². The molecule has 0 fully saturated rings. The fourth-order valence-electron chi connectivity index (χ4n) is 14.6. The topological polar surface area (TPSA) is 298 Å². The third kappa shape index (κ3) is 24.4. The Balaban J connectivity index is 0.963. The van der Waals surface area contributed by atoms with E-state index in [0.717, 1.165) is 134 Å². The SMILES string of the molecule is C#CCn1ccnc1-c1c2nc(c(CCOCCOCCOCCOC)c3ccc([nH]3)c(-c3cccc(-c4c5nc(c(CCOCCOCCOCCOC)c6ccc([nH]6)c(-c6nccn6CC#C)c6nc(c(CCOCCOCCOCCOC)c7ccc4[nH]7)C=C6)C=C5)c3)c3nc(c(CCOCCOCCOCCOC)c4ccc1[nH]4)C=C3)C=C2. The molecule has 8 aromatic heterocycles. The Labute approximate surface area is 711 Å². The van der Waals surface area contributed by atoms with Gasteiger partial charge in [0.05, 0.1) is 266 Å². The third-order valence-electron chi connectivity index (χ3n) is 20.5. The smallest absolute Gasteiger partial charge is 0.145 e. The molecule has 9 aromatic rings. The van der Waals surface area contributed by atoms with Crippen molar-refractivity contribution in [2.45, 2.75) is 38.8 Å². The predicted octanol–water partition coefficient (Wildman–Crippen LogP) is 12.9. The van der Waals surface area contributed by atoms with Crippen molar-refractivity contribution in [3.05, 3.63) is 165 Å². The molecule has 4 aliphatic rings. The van der Waals surface area contributed by atoms with Gasteiger partial charge in [0.15, 0.2) is 0 Å². The van der Waals surface area contributed by atoms with Crippen molar-refractivity contribution >= 4 is 92.7 Å². The van der Waals surface area contributed by atoms with Gasteiger partial charge in [-0.05, 0) is 140 Å². The second kappa shape index (κ2) is 48.2. The van der Waals surface area contributed by atoms with Gasteiger partial charge in [-0.25, -0.2) is 29.9 Å². The lowest BCUT2D eigenvalue weighted by atomic mass is 9.97. The second-order valence-electron chi connectivity index (χ2n) is 28.5. The maximum Gasteiger partial charge on any atom is 0.145 e. The first-order valence-corrected chi connectivity index (χ1v) is 41.5. The molecule has 13 rings (SSSR count). The molecule has 0 saturated heterocycles. The molecule has 0 atom stereocenters. The van der Waals surface area contributed by atoms with Crippen LogP contribution in [0.15, 0.2) is 97.6 Å². The molecule has 12 heterocycles. The summed E-state index contributed by atoms with van der Waals surface area (Å²) in [5.74, 6) is 6.97. The summed E-state index contributed by atoms with van der Waals surface area (Å²) in [5.41, 5.74) is 21.1. The van der Waals surface area contributed by atoms with E-state index in [4.69, 9.17) is 119 Å². The van der Waals surface area contributed by atoms with Gasteiger partial charge in [-0.1, -0.05) is 30.0 Å². The number of benzene rings is 1. The van der Waals surface area contributed by atoms with E-state index in [-0.39, 0.29) is 0 Å². The van der Waals surface area contributed by atoms with Crippen LogP contribution in [0.1, 0.15) is 67.8 Å². The molecule has 16 bridgehead atoms. The number of nitrogens with one attached hydrogen (secondary N) is 4. The summed E-state index contributed by atoms with van der Waals surface area (Å²) in [6.07, 6.45) is 37.9. The van der Waals surface area contributed by atoms with Gasteiger partial charge in [0.2, 0.25) is 0 Å². The summed E-state index contributed by atoms with van der Waals surface area (Å²) in [6.45, 7) is 12.8. The molecule has 0 amide bonds. The van der Waals surface area contributed by atoms with Crippen molar-refractivity contribution < 1.29 is 75.8 Å². The second-order valence-corrected chi connectivity index (χ2v) is 28.5. The fourth-order valence-corrected chi connectivity index (χ4v) is 14.6. The molecule has 28 heteroatoms. The highest BCUT2D eigenvalue weighted by molar-refractivity contribution is 5.98. The zero-order valence-electron chi connectivity index (χ0n) is 70.2. The molecule has 0 aliphatic carbocycles. The van der Waals surface area contributed by atoms with Crippen LogP contribution in [0.3, 0.4) is 0 Å². The molecule has 0 saturated carbocycles. The predicted molar refractivity (Wildman–Crippen MR) is 474 cm³/mol. The number of hydrogen-bond donors (Lipinski definition) is 4. The molecule has 122 heavy (non-hydrogen) atoms. The molecule has 1 aromatic carbocycles. The van der Waals surface area contributed by atoms with Crippen LogP contribution in [0.5, 0.6) is 0 Å². The maximum absolute atomic E-state index is 6.37. The molecular formula is C94H110N12O16. The molecule has 0 unspecified atom stereocenters. The summed E-state index contributed by atoms with van der Waals surface area (Å²) in [4.78, 5) is 47.8. The van der Waals surface area contributed by atoms with E-state index in [1.54, 1.807) is 40.8 Å². The van der Waals surface area contributed by atoms with E-state index in [2.05, 4.69) is 141 Å². The van der Waals surface area contributed by atoms with E-state index in [9.17, 15) is 0 Å². The van der Waals surface area contributed by atoms with E-state index in [1.807, 2.05) is 33.7 Å².